The molecule has 66 valence electrons. The minimum absolute atomic E-state index is 0.0391. The molecule has 3 nitrogen and oxygen atoms in total. The topological polar surface area (TPSA) is 46.2 Å². The highest BCUT2D eigenvalue weighted by atomic mass is 16.1. The summed E-state index contributed by atoms with van der Waals surface area (Å²) in [5, 5.41) is 2.73. The standard InChI is InChI=1S/C10H9NO2/c12-4-3-7-1-2-8-6-11-10(13)9(8)5-7/h1-2,4-5H,3,6H2,(H,11,13). The second-order valence-electron chi connectivity index (χ2n) is 3.04. The van der Waals surface area contributed by atoms with Gasteiger partial charge < -0.3 is 10.1 Å². The van der Waals surface area contributed by atoms with Crippen LogP contribution in [0.1, 0.15) is 21.5 Å². The molecule has 3 heteroatoms. The van der Waals surface area contributed by atoms with Gasteiger partial charge in [-0.25, -0.2) is 0 Å². The lowest BCUT2D eigenvalue weighted by Gasteiger charge is -1.98. The number of carbonyl (C=O) groups excluding carboxylic acids is 2. The molecule has 0 saturated carbocycles. The third-order valence-electron chi connectivity index (χ3n) is 2.18. The Kier molecular flexibility index (Phi) is 1.85. The summed E-state index contributed by atoms with van der Waals surface area (Å²) in [4.78, 5) is 21.5. The molecule has 1 aliphatic rings. The highest BCUT2D eigenvalue weighted by Crippen LogP contribution is 2.16. The van der Waals surface area contributed by atoms with Crippen LogP contribution in [-0.4, -0.2) is 12.2 Å². The fourth-order valence-corrected chi connectivity index (χ4v) is 1.48. The Hall–Kier alpha value is -1.64. The summed E-state index contributed by atoms with van der Waals surface area (Å²) in [6.45, 7) is 0.607. The molecule has 2 rings (SSSR count). The van der Waals surface area contributed by atoms with Crippen LogP contribution >= 0.6 is 0 Å². The maximum atomic E-state index is 11.2. The second kappa shape index (κ2) is 3.01. The van der Waals surface area contributed by atoms with Gasteiger partial charge >= 0.3 is 0 Å². The van der Waals surface area contributed by atoms with Crippen molar-refractivity contribution >= 4 is 12.2 Å². The van der Waals surface area contributed by atoms with Crippen molar-refractivity contribution in [2.45, 2.75) is 13.0 Å². The monoisotopic (exact) mass is 175 g/mol. The number of aldehydes is 1. The van der Waals surface area contributed by atoms with Gasteiger partial charge in [0.15, 0.2) is 0 Å². The number of hydrogen-bond donors (Lipinski definition) is 1. The van der Waals surface area contributed by atoms with Crippen molar-refractivity contribution < 1.29 is 9.59 Å². The van der Waals surface area contributed by atoms with Crippen molar-refractivity contribution in [3.63, 3.8) is 0 Å². The third-order valence-corrected chi connectivity index (χ3v) is 2.18. The van der Waals surface area contributed by atoms with Gasteiger partial charge in [0.25, 0.3) is 5.91 Å². The van der Waals surface area contributed by atoms with E-state index >= 15 is 0 Å². The van der Waals surface area contributed by atoms with Crippen molar-refractivity contribution in [3.8, 4) is 0 Å². The van der Waals surface area contributed by atoms with Crippen molar-refractivity contribution in [3.05, 3.63) is 34.9 Å². The number of benzene rings is 1. The van der Waals surface area contributed by atoms with Crippen LogP contribution in [-0.2, 0) is 17.8 Å². The largest absolute Gasteiger partial charge is 0.348 e. The molecule has 13 heavy (non-hydrogen) atoms. The molecular formula is C10H9NO2. The van der Waals surface area contributed by atoms with E-state index in [0.717, 1.165) is 17.4 Å². The van der Waals surface area contributed by atoms with Crippen LogP contribution in [0.3, 0.4) is 0 Å². The predicted molar refractivity (Wildman–Crippen MR) is 47.4 cm³/mol. The Morgan fingerprint density at radius 3 is 3.08 bits per heavy atom. The first-order valence-corrected chi connectivity index (χ1v) is 4.15. The van der Waals surface area contributed by atoms with Crippen LogP contribution in [0.4, 0.5) is 0 Å². The average Bonchev–Trinajstić information content (AvgIpc) is 2.49. The van der Waals surface area contributed by atoms with E-state index < -0.39 is 0 Å². The van der Waals surface area contributed by atoms with E-state index in [1.807, 2.05) is 12.1 Å². The van der Waals surface area contributed by atoms with E-state index in [-0.39, 0.29) is 5.91 Å². The molecule has 1 heterocycles. The summed E-state index contributed by atoms with van der Waals surface area (Å²) >= 11 is 0. The first kappa shape index (κ1) is 7.98. The van der Waals surface area contributed by atoms with Gasteiger partial charge in [-0.1, -0.05) is 12.1 Å². The number of carbonyl (C=O) groups is 2. The molecule has 0 unspecified atom stereocenters. The molecule has 0 aliphatic carbocycles. The van der Waals surface area contributed by atoms with Gasteiger partial charge in [0.2, 0.25) is 0 Å². The summed E-state index contributed by atoms with van der Waals surface area (Å²) in [5.74, 6) is -0.0391. The van der Waals surface area contributed by atoms with Gasteiger partial charge in [0, 0.05) is 18.5 Å². The fraction of sp³-hybridized carbons (Fsp3) is 0.200. The van der Waals surface area contributed by atoms with Crippen molar-refractivity contribution in [2.24, 2.45) is 0 Å². The smallest absolute Gasteiger partial charge is 0.251 e. The fourth-order valence-electron chi connectivity index (χ4n) is 1.48. The van der Waals surface area contributed by atoms with Gasteiger partial charge in [-0.05, 0) is 17.2 Å². The molecule has 0 bridgehead atoms. The SMILES string of the molecule is O=CCc1ccc2c(c1)C(=O)NC2. The van der Waals surface area contributed by atoms with Crippen LogP contribution in [0, 0.1) is 0 Å². The number of amides is 1. The molecule has 0 atom stereocenters. The lowest BCUT2D eigenvalue weighted by molar-refractivity contribution is -0.107. The number of rotatable bonds is 2. The molecule has 1 amide bonds. The molecular weight excluding hydrogens is 166 g/mol. The maximum Gasteiger partial charge on any atom is 0.251 e. The minimum atomic E-state index is -0.0391. The van der Waals surface area contributed by atoms with E-state index in [9.17, 15) is 9.59 Å². The Morgan fingerprint density at radius 1 is 1.46 bits per heavy atom. The molecule has 1 N–H and O–H groups in total. The number of fused-ring (bicyclic) bond motifs is 1. The summed E-state index contributed by atoms with van der Waals surface area (Å²) < 4.78 is 0. The molecule has 1 aromatic rings. The van der Waals surface area contributed by atoms with Gasteiger partial charge in [-0.2, -0.15) is 0 Å². The van der Waals surface area contributed by atoms with Crippen LogP contribution in [0.15, 0.2) is 18.2 Å². The molecule has 0 fully saturated rings. The van der Waals surface area contributed by atoms with E-state index in [2.05, 4.69) is 5.32 Å². The molecule has 1 aliphatic heterocycles. The summed E-state index contributed by atoms with van der Waals surface area (Å²) in [6.07, 6.45) is 1.22. The Bertz CT molecular complexity index is 371. The van der Waals surface area contributed by atoms with Crippen molar-refractivity contribution in [2.75, 3.05) is 0 Å². The van der Waals surface area contributed by atoms with Crippen LogP contribution in [0.25, 0.3) is 0 Å². The average molecular weight is 175 g/mol. The molecule has 0 spiro atoms. The molecule has 0 aromatic heterocycles. The zero-order valence-electron chi connectivity index (χ0n) is 7.04. The summed E-state index contributed by atoms with van der Waals surface area (Å²) in [5.41, 5.74) is 2.62. The predicted octanol–water partition coefficient (Wildman–Crippen LogP) is 0.671. The maximum absolute atomic E-state index is 11.2. The Morgan fingerprint density at radius 2 is 2.31 bits per heavy atom. The lowest BCUT2D eigenvalue weighted by atomic mass is 10.0. The molecule has 1 aromatic carbocycles. The normalized spacial score (nSPS) is 13.7. The quantitative estimate of drug-likeness (QED) is 0.671. The molecule has 0 radical (unpaired) electrons. The van der Waals surface area contributed by atoms with E-state index in [1.54, 1.807) is 6.07 Å². The Balaban J connectivity index is 2.41. The zero-order valence-corrected chi connectivity index (χ0v) is 7.04. The summed E-state index contributed by atoms with van der Waals surface area (Å²) in [7, 11) is 0. The van der Waals surface area contributed by atoms with Gasteiger partial charge in [0.1, 0.15) is 6.29 Å². The van der Waals surface area contributed by atoms with Crippen molar-refractivity contribution in [1.29, 1.82) is 0 Å². The van der Waals surface area contributed by atoms with Crippen LogP contribution in [0.5, 0.6) is 0 Å². The van der Waals surface area contributed by atoms with E-state index in [1.165, 1.54) is 0 Å². The van der Waals surface area contributed by atoms with Gasteiger partial charge in [0.05, 0.1) is 0 Å². The first-order chi connectivity index (χ1) is 6.31. The second-order valence-corrected chi connectivity index (χ2v) is 3.04. The third kappa shape index (κ3) is 1.33. The number of hydrogen-bond acceptors (Lipinski definition) is 2. The van der Waals surface area contributed by atoms with Crippen molar-refractivity contribution in [1.82, 2.24) is 5.32 Å². The van der Waals surface area contributed by atoms with Gasteiger partial charge in [-0.3, -0.25) is 4.79 Å². The molecule has 0 saturated heterocycles. The first-order valence-electron chi connectivity index (χ1n) is 4.15. The number of nitrogens with one attached hydrogen (secondary N) is 1. The van der Waals surface area contributed by atoms with Crippen LogP contribution in [0.2, 0.25) is 0 Å². The lowest BCUT2D eigenvalue weighted by Crippen LogP contribution is -2.12. The minimum Gasteiger partial charge on any atom is -0.348 e. The van der Waals surface area contributed by atoms with Crippen LogP contribution < -0.4 is 5.32 Å². The highest BCUT2D eigenvalue weighted by Gasteiger charge is 2.18. The summed E-state index contributed by atoms with van der Waals surface area (Å²) in [6, 6.07) is 5.56. The van der Waals surface area contributed by atoms with E-state index in [0.29, 0.717) is 18.5 Å². The Labute approximate surface area is 75.8 Å². The highest BCUT2D eigenvalue weighted by molar-refractivity contribution is 5.98. The van der Waals surface area contributed by atoms with E-state index in [4.69, 9.17) is 0 Å². The van der Waals surface area contributed by atoms with Gasteiger partial charge in [-0.15, -0.1) is 0 Å². The zero-order chi connectivity index (χ0) is 9.26.